The van der Waals surface area contributed by atoms with Crippen LogP contribution in [0.25, 0.3) is 0 Å². The van der Waals surface area contributed by atoms with Crippen LogP contribution in [0.4, 0.5) is 34.6 Å². The van der Waals surface area contributed by atoms with Gasteiger partial charge in [0, 0.05) is 70.2 Å². The van der Waals surface area contributed by atoms with E-state index in [9.17, 15) is 9.59 Å². The molecule has 4 aromatic carbocycles. The van der Waals surface area contributed by atoms with Gasteiger partial charge in [-0.3, -0.25) is 9.59 Å². The van der Waals surface area contributed by atoms with Crippen LogP contribution in [0.5, 0.6) is 0 Å². The normalized spacial score (nSPS) is 12.2. The number of amides is 2. The number of nitrogens with one attached hydrogen (secondary N) is 4. The van der Waals surface area contributed by atoms with E-state index < -0.39 is 0 Å². The molecule has 0 atom stereocenters. The highest BCUT2D eigenvalue weighted by molar-refractivity contribution is 6.30. The van der Waals surface area contributed by atoms with Crippen molar-refractivity contribution in [1.82, 2.24) is 19.9 Å². The van der Waals surface area contributed by atoms with Crippen molar-refractivity contribution in [2.45, 2.75) is 39.5 Å². The van der Waals surface area contributed by atoms with Gasteiger partial charge in [-0.2, -0.15) is 0 Å². The summed E-state index contributed by atoms with van der Waals surface area (Å²) in [5.41, 5.74) is 10.1. The summed E-state index contributed by atoms with van der Waals surface area (Å²) < 4.78 is 0. The predicted octanol–water partition coefficient (Wildman–Crippen LogP) is 8.55. The van der Waals surface area contributed by atoms with Crippen molar-refractivity contribution in [3.63, 3.8) is 0 Å². The first-order chi connectivity index (χ1) is 26.7. The lowest BCUT2D eigenvalue weighted by Gasteiger charge is -2.17. The molecule has 0 radical (unpaired) electrons. The van der Waals surface area contributed by atoms with E-state index in [1.54, 1.807) is 12.4 Å². The van der Waals surface area contributed by atoms with Gasteiger partial charge in [0.1, 0.15) is 10.8 Å². The Morgan fingerprint density at radius 1 is 0.636 bits per heavy atom. The number of aromatic nitrogens is 4. The molecule has 2 aliphatic rings. The summed E-state index contributed by atoms with van der Waals surface area (Å²) in [6.07, 6.45) is 11.0. The maximum atomic E-state index is 11.5. The Balaban J connectivity index is 0.000000160. The Morgan fingerprint density at radius 2 is 1.15 bits per heavy atom. The molecule has 11 heteroatoms. The summed E-state index contributed by atoms with van der Waals surface area (Å²) in [5.74, 6) is 9.86. The van der Waals surface area contributed by atoms with Crippen molar-refractivity contribution < 1.29 is 9.59 Å². The van der Waals surface area contributed by atoms with Crippen LogP contribution in [0.2, 0.25) is 5.15 Å². The monoisotopic (exact) mass is 744 g/mol. The number of rotatable bonds is 4. The summed E-state index contributed by atoms with van der Waals surface area (Å²) in [6.45, 7) is 3.80. The first kappa shape index (κ1) is 37.7. The fraction of sp³-hybridized carbons (Fsp3) is 0.136. The number of fused-ring (bicyclic) bond motifs is 2. The van der Waals surface area contributed by atoms with Crippen LogP contribution in [-0.4, -0.2) is 31.8 Å². The van der Waals surface area contributed by atoms with E-state index in [4.69, 9.17) is 18.0 Å². The van der Waals surface area contributed by atoms with Crippen molar-refractivity contribution in [2.24, 2.45) is 0 Å². The molecule has 2 aliphatic heterocycles. The molecule has 10 nitrogen and oxygen atoms in total. The summed E-state index contributed by atoms with van der Waals surface area (Å²) in [5, 5.41) is 12.5. The Hall–Kier alpha value is -7.01. The van der Waals surface area contributed by atoms with Crippen LogP contribution in [0.15, 0.2) is 109 Å². The molecule has 0 saturated heterocycles. The molecule has 0 saturated carbocycles. The minimum absolute atomic E-state index is 0.0618. The molecule has 2 aromatic heterocycles. The van der Waals surface area contributed by atoms with E-state index in [1.165, 1.54) is 0 Å². The Kier molecular flexibility index (Phi) is 12.5. The van der Waals surface area contributed by atoms with Gasteiger partial charge in [0.05, 0.1) is 0 Å². The largest absolute Gasteiger partial charge is 0.326 e. The molecule has 0 unspecified atom stereocenters. The highest BCUT2D eigenvalue weighted by Gasteiger charge is 2.16. The zero-order valence-corrected chi connectivity index (χ0v) is 31.0. The fourth-order valence-corrected chi connectivity index (χ4v) is 5.61. The van der Waals surface area contributed by atoms with Crippen LogP contribution in [-0.2, 0) is 22.4 Å². The van der Waals surface area contributed by atoms with Gasteiger partial charge in [-0.15, -0.1) is 6.42 Å². The van der Waals surface area contributed by atoms with Gasteiger partial charge in [0.2, 0.25) is 23.7 Å². The first-order valence-electron chi connectivity index (χ1n) is 17.5. The van der Waals surface area contributed by atoms with Gasteiger partial charge in [-0.25, -0.2) is 19.9 Å². The van der Waals surface area contributed by atoms with E-state index in [-0.39, 0.29) is 11.8 Å². The minimum atomic E-state index is 0.0618. The van der Waals surface area contributed by atoms with E-state index >= 15 is 0 Å². The molecule has 55 heavy (non-hydrogen) atoms. The van der Waals surface area contributed by atoms with Crippen LogP contribution in [0.1, 0.15) is 51.9 Å². The van der Waals surface area contributed by atoms with Crippen molar-refractivity contribution in [2.75, 3.05) is 21.3 Å². The van der Waals surface area contributed by atoms with E-state index in [2.05, 4.69) is 59.0 Å². The second kappa shape index (κ2) is 18.2. The highest BCUT2D eigenvalue weighted by atomic mass is 35.5. The molecule has 4 N–H and O–H groups in total. The summed E-state index contributed by atoms with van der Waals surface area (Å²) >= 11 is 5.97. The van der Waals surface area contributed by atoms with Gasteiger partial charge in [-0.1, -0.05) is 59.8 Å². The maximum absolute atomic E-state index is 11.5. The van der Waals surface area contributed by atoms with E-state index in [1.807, 2.05) is 111 Å². The third-order valence-electron chi connectivity index (χ3n) is 8.43. The highest BCUT2D eigenvalue weighted by Crippen LogP contribution is 2.28. The number of aryl methyl sites for hydroxylation is 4. The average Bonchev–Trinajstić information content (AvgIpc) is 3.21. The third-order valence-corrected chi connectivity index (χ3v) is 8.82. The van der Waals surface area contributed by atoms with Crippen molar-refractivity contribution in [3.8, 4) is 24.2 Å². The zero-order chi connectivity index (χ0) is 38.6. The number of hydrogen-bond donors (Lipinski definition) is 4. The molecule has 8 rings (SSSR count). The number of nitrogens with zero attached hydrogens (tertiary/aromatic N) is 4. The molecule has 4 heterocycles. The maximum Gasteiger partial charge on any atom is 0.228 e. The van der Waals surface area contributed by atoms with E-state index in [0.29, 0.717) is 35.6 Å². The van der Waals surface area contributed by atoms with Gasteiger partial charge in [-0.05, 0) is 104 Å². The number of carbonyl (C=O) groups is 2. The van der Waals surface area contributed by atoms with Crippen molar-refractivity contribution in [3.05, 3.63) is 154 Å². The quantitative estimate of drug-likeness (QED) is 0.104. The molecule has 2 amide bonds. The number of anilines is 6. The topological polar surface area (TPSA) is 134 Å². The summed E-state index contributed by atoms with van der Waals surface area (Å²) in [7, 11) is 0. The second-order valence-corrected chi connectivity index (χ2v) is 13.0. The molecule has 0 aliphatic carbocycles. The lowest BCUT2D eigenvalue weighted by Crippen LogP contribution is -2.18. The minimum Gasteiger partial charge on any atom is -0.326 e. The molecular formula is C44H37ClN8O2. The van der Waals surface area contributed by atoms with E-state index in [0.717, 1.165) is 69.0 Å². The molecule has 6 aromatic rings. The van der Waals surface area contributed by atoms with Gasteiger partial charge >= 0.3 is 0 Å². The van der Waals surface area contributed by atoms with Crippen molar-refractivity contribution >= 4 is 58.1 Å². The SMILES string of the molecule is C#Cc1ccccc1.Cc1cnc(Nc2ccc3c(c2)CCC(=O)N3)nc1C#Cc1ccccc1.Cc1cnc(Nc2ccc3c(c2)CCC(=O)N3)nc1Cl. The van der Waals surface area contributed by atoms with Gasteiger partial charge in [0.25, 0.3) is 0 Å². The number of terminal acetylenes is 1. The lowest BCUT2D eigenvalue weighted by molar-refractivity contribution is -0.117. The predicted molar refractivity (Wildman–Crippen MR) is 219 cm³/mol. The van der Waals surface area contributed by atoms with Crippen LogP contribution in [0.3, 0.4) is 0 Å². The Morgan fingerprint density at radius 3 is 1.65 bits per heavy atom. The summed E-state index contributed by atoms with van der Waals surface area (Å²) in [6, 6.07) is 31.0. The smallest absolute Gasteiger partial charge is 0.228 e. The second-order valence-electron chi connectivity index (χ2n) is 12.6. The first-order valence-corrected chi connectivity index (χ1v) is 17.9. The Bertz CT molecular complexity index is 2440. The van der Waals surface area contributed by atoms with Crippen LogP contribution >= 0.6 is 11.6 Å². The molecular weight excluding hydrogens is 708 g/mol. The Labute approximate surface area is 325 Å². The standard InChI is InChI=1S/C22H18N4O.C14H13ClN4O.C8H6/c1-15-14-23-22(26-19(15)10-7-16-5-3-2-4-6-16)24-18-9-11-20-17(13-18)8-12-21(27)25-20;1-8-7-16-14(19-13(8)15)17-10-3-4-11-9(6-10)2-5-12(20)18-11;1-2-8-6-4-3-5-7-8/h2-6,9,11,13-14H,8,12H2,1H3,(H,25,27)(H,23,24,26);3-4,6-7H,2,5H2,1H3,(H,18,20)(H,16,17,19);1,3-7H. The van der Waals surface area contributed by atoms with Gasteiger partial charge < -0.3 is 21.3 Å². The number of carbonyl (C=O) groups excluding carboxylic acids is 2. The fourth-order valence-electron chi connectivity index (χ4n) is 5.48. The number of benzene rings is 4. The molecule has 0 spiro atoms. The molecule has 0 fully saturated rings. The summed E-state index contributed by atoms with van der Waals surface area (Å²) in [4.78, 5) is 40.0. The number of hydrogen-bond acceptors (Lipinski definition) is 8. The number of halogens is 1. The van der Waals surface area contributed by atoms with Gasteiger partial charge in [0.15, 0.2) is 0 Å². The van der Waals surface area contributed by atoms with Crippen LogP contribution < -0.4 is 21.3 Å². The third kappa shape index (κ3) is 10.8. The lowest BCUT2D eigenvalue weighted by atomic mass is 10.0. The average molecular weight is 745 g/mol. The molecule has 0 bridgehead atoms. The zero-order valence-electron chi connectivity index (χ0n) is 30.3. The van der Waals surface area contributed by atoms with Crippen molar-refractivity contribution in [1.29, 1.82) is 0 Å². The molecule has 272 valence electrons. The van der Waals surface area contributed by atoms with Crippen LogP contribution in [0, 0.1) is 38.0 Å².